The molecule has 49 heavy (non-hydrogen) atoms. The fraction of sp³-hybridized carbons (Fsp3) is 0.579. The van der Waals surface area contributed by atoms with E-state index in [1.165, 1.54) is 17.5 Å². The number of ether oxygens (including phenoxy) is 2. The zero-order valence-electron chi connectivity index (χ0n) is 28.4. The summed E-state index contributed by atoms with van der Waals surface area (Å²) in [6.45, 7) is 4.59. The summed E-state index contributed by atoms with van der Waals surface area (Å²) < 4.78 is 33.9. The van der Waals surface area contributed by atoms with Gasteiger partial charge in [-0.1, -0.05) is 36.7 Å². The number of amides is 3. The van der Waals surface area contributed by atoms with Gasteiger partial charge in [0.2, 0.25) is 0 Å². The van der Waals surface area contributed by atoms with Crippen LogP contribution in [0.1, 0.15) is 79.3 Å². The van der Waals surface area contributed by atoms with Crippen LogP contribution in [0, 0.1) is 29.6 Å². The van der Waals surface area contributed by atoms with Gasteiger partial charge in [-0.05, 0) is 122 Å². The number of allylic oxidation sites excluding steroid dienone is 1. The van der Waals surface area contributed by atoms with Gasteiger partial charge < -0.3 is 19.7 Å². The molecule has 9 nitrogen and oxygen atoms in total. The van der Waals surface area contributed by atoms with E-state index in [0.29, 0.717) is 54.7 Å². The summed E-state index contributed by atoms with van der Waals surface area (Å²) in [7, 11) is -1.65. The molecule has 3 amide bonds. The number of methoxy groups -OCH3 is 1. The highest BCUT2D eigenvalue weighted by molar-refractivity contribution is 7.92. The second-order valence-electron chi connectivity index (χ2n) is 15.6. The van der Waals surface area contributed by atoms with Crippen molar-refractivity contribution < 1.29 is 23.3 Å². The van der Waals surface area contributed by atoms with Crippen molar-refractivity contribution in [2.75, 3.05) is 44.0 Å². The minimum absolute atomic E-state index is 0.0337. The Hall–Kier alpha value is -3.08. The van der Waals surface area contributed by atoms with Gasteiger partial charge >= 0.3 is 6.03 Å². The molecule has 11 heteroatoms. The first-order chi connectivity index (χ1) is 23.6. The van der Waals surface area contributed by atoms with Crippen molar-refractivity contribution in [2.24, 2.45) is 34.0 Å². The number of carbonyl (C=O) groups excluding carboxylic acids is 2. The molecule has 3 fully saturated rings. The highest BCUT2D eigenvalue weighted by Crippen LogP contribution is 2.61. The molecule has 0 radical (unpaired) electrons. The van der Waals surface area contributed by atoms with Crippen LogP contribution in [0.3, 0.4) is 0 Å². The summed E-state index contributed by atoms with van der Waals surface area (Å²) in [5, 5.41) is 3.59. The number of hydrogen-bond donors (Lipinski definition) is 2. The van der Waals surface area contributed by atoms with Crippen LogP contribution >= 0.6 is 11.6 Å². The summed E-state index contributed by atoms with van der Waals surface area (Å²) in [5.74, 6) is 2.48. The number of fused-ring (bicyclic) bond motifs is 6. The van der Waals surface area contributed by atoms with Crippen molar-refractivity contribution in [3.8, 4) is 5.75 Å². The van der Waals surface area contributed by atoms with E-state index in [1.807, 2.05) is 25.1 Å². The third kappa shape index (κ3) is 6.73. The van der Waals surface area contributed by atoms with Crippen molar-refractivity contribution in [3.05, 3.63) is 70.3 Å². The Kier molecular flexibility index (Phi) is 8.72. The van der Waals surface area contributed by atoms with Gasteiger partial charge in [0.15, 0.2) is 0 Å². The summed E-state index contributed by atoms with van der Waals surface area (Å²) in [5.41, 5.74) is 3.63. The Morgan fingerprint density at radius 3 is 2.80 bits per heavy atom. The van der Waals surface area contributed by atoms with E-state index >= 15 is 0 Å². The van der Waals surface area contributed by atoms with Crippen LogP contribution in [0.15, 0.2) is 52.9 Å². The van der Waals surface area contributed by atoms with Crippen LogP contribution in [-0.4, -0.2) is 61.4 Å². The maximum atomic E-state index is 14.3. The largest absolute Gasteiger partial charge is 0.490 e. The lowest BCUT2D eigenvalue weighted by atomic mass is 9.68. The lowest BCUT2D eigenvalue weighted by Gasteiger charge is -2.46. The maximum Gasteiger partial charge on any atom is 0.327 e. The topological polar surface area (TPSA) is 109 Å². The highest BCUT2D eigenvalue weighted by atomic mass is 35.5. The first-order valence-electron chi connectivity index (χ1n) is 18.0. The fourth-order valence-electron chi connectivity index (χ4n) is 8.83. The van der Waals surface area contributed by atoms with E-state index < -0.39 is 21.9 Å². The average molecular weight is 707 g/mol. The minimum atomic E-state index is -3.43. The smallest absolute Gasteiger partial charge is 0.327 e. The molecule has 262 valence electrons. The molecule has 2 N–H and O–H groups in total. The van der Waals surface area contributed by atoms with Crippen molar-refractivity contribution >= 4 is 39.1 Å². The van der Waals surface area contributed by atoms with E-state index in [0.717, 1.165) is 61.7 Å². The third-order valence-corrected chi connectivity index (χ3v) is 14.1. The summed E-state index contributed by atoms with van der Waals surface area (Å²) >= 11 is 6.53. The molecule has 8 rings (SSSR count). The Labute approximate surface area is 294 Å². The molecule has 2 heterocycles. The maximum absolute atomic E-state index is 14.3. The van der Waals surface area contributed by atoms with Gasteiger partial charge in [0.25, 0.3) is 5.91 Å². The molecule has 4 aliphatic carbocycles. The molecular weight excluding hydrogens is 660 g/mol. The molecule has 0 aromatic heterocycles. The van der Waals surface area contributed by atoms with Crippen molar-refractivity contribution in [3.63, 3.8) is 0 Å². The van der Waals surface area contributed by atoms with Crippen LogP contribution in [-0.2, 0) is 20.1 Å². The number of urea groups is 1. The Morgan fingerprint density at radius 2 is 2.02 bits per heavy atom. The molecular formula is C38H47ClN4O5S. The molecule has 2 aliphatic heterocycles. The standard InChI is InChI=1S/C38H47ClN4O5S/c1-23-4-3-5-34(47-2)29-11-8-26(29)19-43-21-38(17-27-14-30(27)31-16-28(39)10-12-32(31)38)22-48-35-13-9-25(15-33(35)43)36(44)41-49(46,20-23)42-37(45)40-18-24-6-7-24/h3,5,9-10,12-13,15-16,23-24,26-27,29-30,34H,4,6-8,11,14,17-22H2,1-2H3,(H2,40,41,42,44,45,46)/b5-3+/t23-,26-,27-,29+,30?,34-,38-,49-/m0/s1. The Bertz CT molecular complexity index is 1800. The van der Waals surface area contributed by atoms with E-state index in [2.05, 4.69) is 43.6 Å². The van der Waals surface area contributed by atoms with Crippen LogP contribution < -0.4 is 19.7 Å². The molecule has 6 aliphatic rings. The predicted octanol–water partition coefficient (Wildman–Crippen LogP) is 6.85. The average Bonchev–Trinajstić information content (AvgIpc) is 3.98. The Morgan fingerprint density at radius 1 is 1.16 bits per heavy atom. The lowest BCUT2D eigenvalue weighted by Crippen LogP contribution is -2.49. The highest BCUT2D eigenvalue weighted by Gasteiger charge is 2.54. The number of halogens is 1. The predicted molar refractivity (Wildman–Crippen MR) is 192 cm³/mol. The first-order valence-corrected chi connectivity index (χ1v) is 20.0. The van der Waals surface area contributed by atoms with E-state index in [9.17, 15) is 13.8 Å². The zero-order chi connectivity index (χ0) is 33.9. The second kappa shape index (κ2) is 12.9. The fourth-order valence-corrected chi connectivity index (χ4v) is 10.9. The number of benzene rings is 2. The number of nitrogens with zero attached hydrogens (tertiary/aromatic N) is 2. The van der Waals surface area contributed by atoms with Crippen LogP contribution in [0.25, 0.3) is 0 Å². The molecule has 1 unspecified atom stereocenters. The lowest BCUT2D eigenvalue weighted by molar-refractivity contribution is 0.0131. The molecule has 8 atom stereocenters. The first kappa shape index (κ1) is 33.1. The van der Waals surface area contributed by atoms with Gasteiger partial charge in [-0.15, -0.1) is 4.36 Å². The van der Waals surface area contributed by atoms with Crippen LogP contribution in [0.2, 0.25) is 5.02 Å². The van der Waals surface area contributed by atoms with Gasteiger partial charge in [-0.2, -0.15) is 0 Å². The number of nitrogens with one attached hydrogen (secondary N) is 2. The second-order valence-corrected chi connectivity index (χ2v) is 18.0. The number of anilines is 1. The monoisotopic (exact) mass is 706 g/mol. The number of carbonyl (C=O) groups is 2. The van der Waals surface area contributed by atoms with Gasteiger partial charge in [-0.3, -0.25) is 9.52 Å². The van der Waals surface area contributed by atoms with Gasteiger partial charge in [0.1, 0.15) is 15.7 Å². The van der Waals surface area contributed by atoms with Crippen molar-refractivity contribution in [2.45, 2.75) is 69.3 Å². The molecule has 2 aromatic rings. The van der Waals surface area contributed by atoms with E-state index in [1.54, 1.807) is 13.2 Å². The van der Waals surface area contributed by atoms with E-state index in [4.69, 9.17) is 21.1 Å². The van der Waals surface area contributed by atoms with Gasteiger partial charge in [0, 0.05) is 42.7 Å². The molecule has 1 spiro atoms. The zero-order valence-corrected chi connectivity index (χ0v) is 29.9. The van der Waals surface area contributed by atoms with Gasteiger partial charge in [0.05, 0.1) is 24.2 Å². The van der Waals surface area contributed by atoms with Crippen molar-refractivity contribution in [1.29, 1.82) is 0 Å². The molecule has 2 aromatic carbocycles. The summed E-state index contributed by atoms with van der Waals surface area (Å²) in [6, 6.07) is 11.2. The quantitative estimate of drug-likeness (QED) is 0.337. The van der Waals surface area contributed by atoms with E-state index in [-0.39, 0.29) is 23.2 Å². The Balaban J connectivity index is 1.18. The molecule has 2 bridgehead atoms. The van der Waals surface area contributed by atoms with Gasteiger partial charge in [-0.25, -0.2) is 9.00 Å². The SMILES string of the molecule is CO[C@H]1/C=C/C[C@H](C)C[S@@](=O)(NC(=O)NCC2CC2)=NC(=O)c2ccc3c(c2)N(C[C@@H]2CC[C@H]21)C[C@]1(CO3)C[C@@H]2CC2c2cc(Cl)ccc21. The molecule has 3 saturated carbocycles. The molecule has 0 saturated heterocycles. The van der Waals surface area contributed by atoms with Crippen LogP contribution in [0.5, 0.6) is 5.75 Å². The minimum Gasteiger partial charge on any atom is -0.490 e. The normalized spacial score (nSPS) is 35.7. The number of rotatable bonds is 4. The summed E-state index contributed by atoms with van der Waals surface area (Å²) in [6.07, 6.45) is 11.4. The summed E-state index contributed by atoms with van der Waals surface area (Å²) in [4.78, 5) is 29.2. The third-order valence-electron chi connectivity index (χ3n) is 11.8. The number of hydrogen-bond acceptors (Lipinski definition) is 6. The van der Waals surface area contributed by atoms with Crippen LogP contribution in [0.4, 0.5) is 10.5 Å². The van der Waals surface area contributed by atoms with Crippen molar-refractivity contribution in [1.82, 2.24) is 10.0 Å².